The van der Waals surface area contributed by atoms with Crippen molar-refractivity contribution in [2.45, 2.75) is 70.6 Å². The number of aryl methyl sites for hydroxylation is 1. The van der Waals surface area contributed by atoms with E-state index in [4.69, 9.17) is 14.5 Å². The van der Waals surface area contributed by atoms with E-state index in [0.29, 0.717) is 42.4 Å². The third-order valence-electron chi connectivity index (χ3n) is 11.3. The summed E-state index contributed by atoms with van der Waals surface area (Å²) in [6.45, 7) is 6.93. The van der Waals surface area contributed by atoms with E-state index < -0.39 is 24.3 Å². The second-order valence-electron chi connectivity index (χ2n) is 15.7. The number of carbonyl (C=O) groups is 4. The molecule has 16 heteroatoms. The molecule has 7 rings (SSSR count). The maximum absolute atomic E-state index is 13.9. The Morgan fingerprint density at radius 2 is 1.34 bits per heavy atom. The minimum Gasteiger partial charge on any atom is -0.453 e. The molecule has 2 aromatic heterocycles. The summed E-state index contributed by atoms with van der Waals surface area (Å²) in [5.41, 5.74) is 6.77. The van der Waals surface area contributed by atoms with E-state index in [2.05, 4.69) is 74.4 Å². The summed E-state index contributed by atoms with van der Waals surface area (Å²) in [6.07, 6.45) is 5.15. The zero-order valence-electron chi connectivity index (χ0n) is 36.3. The van der Waals surface area contributed by atoms with E-state index in [0.717, 1.165) is 52.8 Å². The van der Waals surface area contributed by atoms with Gasteiger partial charge in [0.1, 0.15) is 29.4 Å². The van der Waals surface area contributed by atoms with E-state index in [1.165, 1.54) is 14.2 Å². The van der Waals surface area contributed by atoms with Crippen LogP contribution in [-0.4, -0.2) is 87.1 Å². The highest BCUT2D eigenvalue weighted by molar-refractivity contribution is 5.88. The van der Waals surface area contributed by atoms with Gasteiger partial charge in [-0.05, 0) is 90.7 Å². The number of ether oxygens (including phenoxy) is 2. The first-order valence-corrected chi connectivity index (χ1v) is 20.7. The second kappa shape index (κ2) is 22.1. The Balaban J connectivity index is 0.00000385. The molecule has 2 saturated heterocycles. The van der Waals surface area contributed by atoms with E-state index >= 15 is 0 Å². The summed E-state index contributed by atoms with van der Waals surface area (Å²) >= 11 is 0. The number of aromatic nitrogens is 4. The number of rotatable bonds is 10. The number of hydrogen-bond donors (Lipinski definition) is 4. The Morgan fingerprint density at radius 1 is 0.734 bits per heavy atom. The van der Waals surface area contributed by atoms with Crippen molar-refractivity contribution < 1.29 is 28.7 Å². The minimum absolute atomic E-state index is 0. The Kier molecular flexibility index (Phi) is 16.6. The fourth-order valence-electron chi connectivity index (χ4n) is 8.12. The summed E-state index contributed by atoms with van der Waals surface area (Å²) in [4.78, 5) is 71.5. The van der Waals surface area contributed by atoms with E-state index in [9.17, 15) is 19.2 Å². The lowest BCUT2D eigenvalue weighted by molar-refractivity contribution is -0.135. The van der Waals surface area contributed by atoms with Gasteiger partial charge in [0.05, 0.1) is 44.4 Å². The molecule has 4 heterocycles. The van der Waals surface area contributed by atoms with Gasteiger partial charge >= 0.3 is 12.2 Å². The normalized spacial score (nSPS) is 16.2. The van der Waals surface area contributed by atoms with Crippen LogP contribution in [0.15, 0.2) is 85.2 Å². The van der Waals surface area contributed by atoms with Crippen LogP contribution >= 0.6 is 24.8 Å². The van der Waals surface area contributed by atoms with Crippen LogP contribution in [0.4, 0.5) is 9.59 Å². The Hall–Kier alpha value is -6.74. The molecule has 0 radical (unpaired) electrons. The SMILES string of the molecule is COC(=O)N[C@H](C(=O)N1CCC[C@H]1c1ncc(-c2ccc(C#CC#Cc3cnc([C@@H]4CCCN4C(=O)[C@H](NC(=O)OC)c4ccccc4)[nH]3)c(-c3ccccc3C)c2)[nH]1)C(C)C.Cl.Cl. The standard InChI is InChI=1S/C48H50N8O6.2ClH/c1-30(2)41(53-47(59)61-4)45(57)55-25-14-22-40(55)44-50-29-38(52-44)34-24-23-32(37(27-34)36-20-12-9-15-31(36)3)16-10-11-19-35-28-49-43(51-35)39-21-13-26-56(39)46(58)42(54-48(60)62-5)33-17-7-6-8-18-33;;/h6-9,12,15,17-18,20,23-24,27-30,39-42H,13-14,21-22,25-26H2,1-5H3,(H,49,51)(H,50,52)(H,53,59)(H,54,60);2*1H/t39-,40-,41-,42+;;/m0../s1. The fraction of sp³-hybridized carbons (Fsp3) is 0.333. The maximum Gasteiger partial charge on any atom is 0.407 e. The molecule has 0 unspecified atom stereocenters. The molecular formula is C48H52Cl2N8O6. The lowest BCUT2D eigenvalue weighted by Crippen LogP contribution is -2.51. The van der Waals surface area contributed by atoms with Crippen LogP contribution in [-0.2, 0) is 19.1 Å². The van der Waals surface area contributed by atoms with Gasteiger partial charge in [0.2, 0.25) is 5.91 Å². The molecule has 3 aromatic carbocycles. The number of methoxy groups -OCH3 is 2. The molecule has 334 valence electrons. The molecule has 2 fully saturated rings. The predicted octanol–water partition coefficient (Wildman–Crippen LogP) is 7.83. The second-order valence-corrected chi connectivity index (χ2v) is 15.7. The lowest BCUT2D eigenvalue weighted by Gasteiger charge is -2.30. The largest absolute Gasteiger partial charge is 0.453 e. The number of H-pyrrole nitrogens is 2. The molecule has 4 amide bonds. The third-order valence-corrected chi connectivity index (χ3v) is 11.3. The number of carbonyl (C=O) groups excluding carboxylic acids is 4. The highest BCUT2D eigenvalue weighted by Crippen LogP contribution is 2.36. The first kappa shape index (κ1) is 48.3. The quantitative estimate of drug-likeness (QED) is 0.103. The van der Waals surface area contributed by atoms with Crippen LogP contribution in [0.3, 0.4) is 0 Å². The maximum atomic E-state index is 13.9. The number of nitrogens with zero attached hydrogens (tertiary/aromatic N) is 4. The number of amides is 4. The number of imidazole rings is 2. The van der Waals surface area contributed by atoms with Gasteiger partial charge in [-0.25, -0.2) is 19.6 Å². The molecule has 2 aliphatic rings. The summed E-state index contributed by atoms with van der Waals surface area (Å²) in [7, 11) is 2.55. The van der Waals surface area contributed by atoms with Crippen molar-refractivity contribution in [2.24, 2.45) is 5.92 Å². The molecule has 0 saturated carbocycles. The van der Waals surface area contributed by atoms with Gasteiger partial charge in [-0.3, -0.25) is 9.59 Å². The monoisotopic (exact) mass is 906 g/mol. The van der Waals surface area contributed by atoms with Crippen molar-refractivity contribution in [3.63, 3.8) is 0 Å². The summed E-state index contributed by atoms with van der Waals surface area (Å²) in [5.74, 6) is 13.1. The third kappa shape index (κ3) is 10.9. The number of alkyl carbamates (subject to hydrolysis) is 2. The van der Waals surface area contributed by atoms with E-state index in [-0.39, 0.29) is 54.6 Å². The van der Waals surface area contributed by atoms with Gasteiger partial charge in [-0.2, -0.15) is 0 Å². The zero-order valence-corrected chi connectivity index (χ0v) is 37.9. The van der Waals surface area contributed by atoms with Crippen molar-refractivity contribution in [3.8, 4) is 46.1 Å². The smallest absolute Gasteiger partial charge is 0.407 e. The number of benzene rings is 3. The van der Waals surface area contributed by atoms with Gasteiger partial charge < -0.3 is 39.9 Å². The van der Waals surface area contributed by atoms with Crippen LogP contribution in [0.2, 0.25) is 0 Å². The van der Waals surface area contributed by atoms with Crippen LogP contribution in [0.1, 0.15) is 91.7 Å². The highest BCUT2D eigenvalue weighted by atomic mass is 35.5. The lowest BCUT2D eigenvalue weighted by atomic mass is 9.94. The molecule has 0 bridgehead atoms. The number of hydrogen-bond acceptors (Lipinski definition) is 8. The summed E-state index contributed by atoms with van der Waals surface area (Å²) in [5, 5.41) is 5.39. The van der Waals surface area contributed by atoms with Crippen molar-refractivity contribution in [2.75, 3.05) is 27.3 Å². The number of nitrogens with one attached hydrogen (secondary N) is 4. The topological polar surface area (TPSA) is 175 Å². The fourth-order valence-corrected chi connectivity index (χ4v) is 8.12. The van der Waals surface area contributed by atoms with Crippen molar-refractivity contribution in [1.82, 2.24) is 40.4 Å². The van der Waals surface area contributed by atoms with Gasteiger partial charge in [0.25, 0.3) is 5.91 Å². The van der Waals surface area contributed by atoms with Gasteiger partial charge in [0, 0.05) is 24.2 Å². The Morgan fingerprint density at radius 3 is 2.02 bits per heavy atom. The molecular weight excluding hydrogens is 855 g/mol. The van der Waals surface area contributed by atoms with Crippen LogP contribution in [0.5, 0.6) is 0 Å². The number of halogens is 2. The molecule has 4 atom stereocenters. The minimum atomic E-state index is -0.911. The van der Waals surface area contributed by atoms with Crippen LogP contribution < -0.4 is 10.6 Å². The van der Waals surface area contributed by atoms with Crippen LogP contribution in [0, 0.1) is 36.5 Å². The van der Waals surface area contributed by atoms with Gasteiger partial charge in [-0.1, -0.05) is 80.4 Å². The predicted molar refractivity (Wildman–Crippen MR) is 247 cm³/mol. The molecule has 64 heavy (non-hydrogen) atoms. The molecule has 4 N–H and O–H groups in total. The summed E-state index contributed by atoms with van der Waals surface area (Å²) in [6, 6.07) is 21.1. The first-order valence-electron chi connectivity index (χ1n) is 20.7. The number of aromatic amines is 2. The molecule has 5 aromatic rings. The summed E-state index contributed by atoms with van der Waals surface area (Å²) < 4.78 is 9.60. The average Bonchev–Trinajstić information content (AvgIpc) is 4.14. The van der Waals surface area contributed by atoms with Crippen molar-refractivity contribution in [1.29, 1.82) is 0 Å². The van der Waals surface area contributed by atoms with Crippen molar-refractivity contribution >= 4 is 48.8 Å². The van der Waals surface area contributed by atoms with Crippen molar-refractivity contribution in [3.05, 3.63) is 119 Å². The van der Waals surface area contributed by atoms with E-state index in [1.807, 2.05) is 56.3 Å². The highest BCUT2D eigenvalue weighted by Gasteiger charge is 2.38. The molecule has 0 aliphatic carbocycles. The van der Waals surface area contributed by atoms with Gasteiger partial charge in [-0.15, -0.1) is 24.8 Å². The molecule has 2 aliphatic heterocycles. The Labute approximate surface area is 385 Å². The average molecular weight is 908 g/mol. The zero-order chi connectivity index (χ0) is 43.8. The van der Waals surface area contributed by atoms with Crippen LogP contribution in [0.25, 0.3) is 22.4 Å². The Bertz CT molecular complexity index is 2570. The molecule has 0 spiro atoms. The van der Waals surface area contributed by atoms with Gasteiger partial charge in [0.15, 0.2) is 0 Å². The molecule has 14 nitrogen and oxygen atoms in total. The van der Waals surface area contributed by atoms with E-state index in [1.54, 1.807) is 34.3 Å². The number of likely N-dealkylation sites (tertiary alicyclic amines) is 2. The first-order chi connectivity index (χ1) is 30.1.